The average molecular weight is 182 g/mol. The number of hydrogen-bond acceptors (Lipinski definition) is 2. The molecule has 44 valence electrons. The molecule has 0 aliphatic carbocycles. The van der Waals surface area contributed by atoms with Gasteiger partial charge in [0.05, 0.1) is 11.4 Å². The van der Waals surface area contributed by atoms with Crippen molar-refractivity contribution in [3.63, 3.8) is 0 Å². The topological polar surface area (TPSA) is 49.1 Å². The highest BCUT2D eigenvalue weighted by Gasteiger charge is 2.32. The Kier molecular flexibility index (Phi) is 3.04. The summed E-state index contributed by atoms with van der Waals surface area (Å²) in [4.78, 5) is 0. The van der Waals surface area contributed by atoms with Gasteiger partial charge >= 0.3 is 3.12 Å². The van der Waals surface area contributed by atoms with E-state index in [0.29, 0.717) is 0 Å². The summed E-state index contributed by atoms with van der Waals surface area (Å²) in [5.41, 5.74) is 0. The van der Waals surface area contributed by atoms with E-state index < -0.39 is 14.5 Å². The fraction of sp³-hybridized carbons (Fsp3) is 1.00. The van der Waals surface area contributed by atoms with Crippen LogP contribution in [0.2, 0.25) is 0 Å². The van der Waals surface area contributed by atoms with Gasteiger partial charge in [0.25, 0.3) is 0 Å². The Morgan fingerprint density at radius 3 is 1.57 bits per heavy atom. The first-order chi connectivity index (χ1) is 2.94. The monoisotopic (exact) mass is 181 g/mol. The molecule has 0 aliphatic rings. The number of rotatable bonds is 0. The van der Waals surface area contributed by atoms with Crippen LogP contribution in [0.5, 0.6) is 0 Å². The van der Waals surface area contributed by atoms with E-state index in [0.717, 1.165) is 0 Å². The highest BCUT2D eigenvalue weighted by Crippen LogP contribution is 2.29. The summed E-state index contributed by atoms with van der Waals surface area (Å²) in [6.07, 6.45) is 0. The van der Waals surface area contributed by atoms with Crippen LogP contribution in [0.4, 0.5) is 0 Å². The maximum absolute atomic E-state index is 9.96. The molecular formula is CH2Cl3NOS. The van der Waals surface area contributed by atoms with Crippen LogP contribution in [0.1, 0.15) is 0 Å². The molecule has 0 bridgehead atoms. The minimum atomic E-state index is -1.89. The first kappa shape index (κ1) is 8.14. The Morgan fingerprint density at radius 2 is 1.57 bits per heavy atom. The van der Waals surface area contributed by atoms with Crippen molar-refractivity contribution in [2.24, 2.45) is 5.14 Å². The Balaban J connectivity index is 3.54. The van der Waals surface area contributed by atoms with E-state index >= 15 is 0 Å². The van der Waals surface area contributed by atoms with E-state index in [1.54, 1.807) is 0 Å². The zero-order chi connectivity index (χ0) is 6.08. The predicted octanol–water partition coefficient (Wildman–Crippen LogP) is 0.937. The van der Waals surface area contributed by atoms with Crippen LogP contribution in [-0.4, -0.2) is 7.68 Å². The molecule has 0 amide bonds. The summed E-state index contributed by atoms with van der Waals surface area (Å²) in [5, 5.41) is 4.65. The summed E-state index contributed by atoms with van der Waals surface area (Å²) in [6, 6.07) is 0. The first-order valence-corrected chi connectivity index (χ1v) is 3.52. The zero-order valence-corrected chi connectivity index (χ0v) is 6.11. The van der Waals surface area contributed by atoms with E-state index in [4.69, 9.17) is 34.8 Å². The Hall–Kier alpha value is 1.14. The van der Waals surface area contributed by atoms with Crippen LogP contribution in [-0.2, 0) is 11.4 Å². The summed E-state index contributed by atoms with van der Waals surface area (Å²) in [7, 11) is 0. The second kappa shape index (κ2) is 2.62. The van der Waals surface area contributed by atoms with E-state index in [1.165, 1.54) is 0 Å². The van der Waals surface area contributed by atoms with Crippen molar-refractivity contribution >= 4 is 46.2 Å². The van der Waals surface area contributed by atoms with E-state index in [9.17, 15) is 4.55 Å². The Labute approximate surface area is 59.2 Å². The summed E-state index contributed by atoms with van der Waals surface area (Å²) < 4.78 is 8.12. The Morgan fingerprint density at radius 1 is 1.43 bits per heavy atom. The largest absolute Gasteiger partial charge is 0.595 e. The van der Waals surface area contributed by atoms with Gasteiger partial charge in [-0.1, -0.05) is 0 Å². The van der Waals surface area contributed by atoms with Crippen LogP contribution >= 0.6 is 34.8 Å². The fourth-order valence-electron chi connectivity index (χ4n) is 0. The third kappa shape index (κ3) is 3.70. The standard InChI is InChI=1S/CH2Cl3NOS/c2-1(3,4)7(5)6/h5H2. The molecule has 0 radical (unpaired) electrons. The van der Waals surface area contributed by atoms with Gasteiger partial charge in [0.2, 0.25) is 0 Å². The van der Waals surface area contributed by atoms with Crippen molar-refractivity contribution < 1.29 is 4.55 Å². The van der Waals surface area contributed by atoms with Gasteiger partial charge in [-0.3, -0.25) is 0 Å². The van der Waals surface area contributed by atoms with E-state index in [1.807, 2.05) is 0 Å². The second-order valence-corrected chi connectivity index (χ2v) is 4.90. The third-order valence-corrected chi connectivity index (χ3v) is 2.05. The summed E-state index contributed by atoms with van der Waals surface area (Å²) in [5.74, 6) is 0. The van der Waals surface area contributed by atoms with Gasteiger partial charge in [-0.05, 0) is 34.8 Å². The number of hydrogen-bond donors (Lipinski definition) is 1. The van der Waals surface area contributed by atoms with Crippen molar-refractivity contribution in [3.05, 3.63) is 0 Å². The molecule has 0 heterocycles. The molecule has 0 fully saturated rings. The normalized spacial score (nSPS) is 16.7. The molecule has 1 atom stereocenters. The van der Waals surface area contributed by atoms with E-state index in [-0.39, 0.29) is 0 Å². The molecule has 0 aromatic rings. The molecule has 0 rings (SSSR count). The molecule has 0 aromatic heterocycles. The van der Waals surface area contributed by atoms with Gasteiger partial charge in [0, 0.05) is 0 Å². The second-order valence-electron chi connectivity index (χ2n) is 0.743. The lowest BCUT2D eigenvalue weighted by Crippen LogP contribution is -2.27. The van der Waals surface area contributed by atoms with Gasteiger partial charge in [0.1, 0.15) is 0 Å². The van der Waals surface area contributed by atoms with E-state index in [2.05, 4.69) is 5.14 Å². The number of nitrogens with two attached hydrogens (primary N) is 1. The molecule has 0 saturated heterocycles. The highest BCUT2D eigenvalue weighted by atomic mass is 35.6. The summed E-state index contributed by atoms with van der Waals surface area (Å²) in [6.45, 7) is 0. The lowest BCUT2D eigenvalue weighted by Gasteiger charge is -2.09. The molecule has 0 aliphatic heterocycles. The minimum Gasteiger partial charge on any atom is -0.595 e. The molecular weight excluding hydrogens is 180 g/mol. The maximum atomic E-state index is 9.96. The third-order valence-electron chi connectivity index (χ3n) is 0.228. The van der Waals surface area contributed by atoms with Gasteiger partial charge in [-0.25, -0.2) is 0 Å². The molecule has 0 aromatic carbocycles. The van der Waals surface area contributed by atoms with Crippen molar-refractivity contribution in [3.8, 4) is 0 Å². The van der Waals surface area contributed by atoms with Crippen molar-refractivity contribution in [1.82, 2.24) is 0 Å². The molecule has 7 heavy (non-hydrogen) atoms. The smallest absolute Gasteiger partial charge is 0.369 e. The number of alkyl halides is 3. The fourth-order valence-corrected chi connectivity index (χ4v) is 0. The minimum absolute atomic E-state index is 1.83. The van der Waals surface area contributed by atoms with Gasteiger partial charge in [0.15, 0.2) is 0 Å². The van der Waals surface area contributed by atoms with Crippen molar-refractivity contribution in [2.45, 2.75) is 3.12 Å². The van der Waals surface area contributed by atoms with Gasteiger partial charge in [-0.2, -0.15) is 0 Å². The lowest BCUT2D eigenvalue weighted by atomic mass is 11.8. The predicted molar refractivity (Wildman–Crippen MR) is 32.6 cm³/mol. The van der Waals surface area contributed by atoms with Crippen LogP contribution in [0.15, 0.2) is 0 Å². The molecule has 2 N–H and O–H groups in total. The van der Waals surface area contributed by atoms with Crippen molar-refractivity contribution in [1.29, 1.82) is 0 Å². The molecule has 0 saturated carbocycles. The van der Waals surface area contributed by atoms with Crippen LogP contribution < -0.4 is 5.14 Å². The zero-order valence-electron chi connectivity index (χ0n) is 3.03. The molecule has 2 nitrogen and oxygen atoms in total. The van der Waals surface area contributed by atoms with Crippen LogP contribution in [0.3, 0.4) is 0 Å². The van der Waals surface area contributed by atoms with Gasteiger partial charge in [-0.15, -0.1) is 5.14 Å². The van der Waals surface area contributed by atoms with Crippen LogP contribution in [0, 0.1) is 0 Å². The lowest BCUT2D eigenvalue weighted by molar-refractivity contribution is 0.597. The SMILES string of the molecule is N[S+]([O-])C(Cl)(Cl)Cl. The highest BCUT2D eigenvalue weighted by molar-refractivity contribution is 7.95. The van der Waals surface area contributed by atoms with Crippen LogP contribution in [0.25, 0.3) is 0 Å². The molecule has 6 heteroatoms. The maximum Gasteiger partial charge on any atom is 0.369 e. The molecule has 1 unspecified atom stereocenters. The Bertz CT molecular complexity index is 60.4. The molecule has 0 spiro atoms. The van der Waals surface area contributed by atoms with Gasteiger partial charge < -0.3 is 4.55 Å². The quantitative estimate of drug-likeness (QED) is 0.448. The number of halogens is 3. The average Bonchev–Trinajstić information content (AvgIpc) is 1.31. The summed E-state index contributed by atoms with van der Waals surface area (Å²) >= 11 is 13.0. The van der Waals surface area contributed by atoms with Crippen molar-refractivity contribution in [2.75, 3.05) is 0 Å². The first-order valence-electron chi connectivity index (χ1n) is 1.17.